The van der Waals surface area contributed by atoms with Crippen LogP contribution in [0.15, 0.2) is 54.6 Å². The van der Waals surface area contributed by atoms with Crippen molar-refractivity contribution >= 4 is 26.4 Å². The molecule has 0 atom stereocenters. The van der Waals surface area contributed by atoms with E-state index >= 15 is 0 Å². The van der Waals surface area contributed by atoms with Gasteiger partial charge in [-0.05, 0) is 33.8 Å². The van der Waals surface area contributed by atoms with Crippen LogP contribution in [-0.4, -0.2) is 14.3 Å². The predicted octanol–water partition coefficient (Wildman–Crippen LogP) is 7.19. The lowest BCUT2D eigenvalue weighted by molar-refractivity contribution is 0.0705. The van der Waals surface area contributed by atoms with Crippen LogP contribution in [0.25, 0.3) is 12.2 Å². The van der Waals surface area contributed by atoms with Crippen LogP contribution in [0.5, 0.6) is 0 Å². The fraction of sp³-hybridized carbons (Fsp3) is 0.375. The summed E-state index contributed by atoms with van der Waals surface area (Å²) in [6, 6.07) is 17.8. The number of hydrogen-bond donors (Lipinski definition) is 0. The molecule has 0 fully saturated rings. The second kappa shape index (κ2) is 9.18. The van der Waals surface area contributed by atoms with E-state index in [4.69, 9.17) is 4.43 Å². The standard InChI is InChI=1S/C24H32O2Si/c1-18(2)27(19(3)4,20(5)6)26-24(25)23-15-11-10-14-22(23)17-16-21-12-8-7-9-13-21/h7-20H,1-6H3/b17-16+. The van der Waals surface area contributed by atoms with Crippen molar-refractivity contribution < 1.29 is 9.22 Å². The Bertz CT molecular complexity index is 754. The van der Waals surface area contributed by atoms with Gasteiger partial charge in [0.25, 0.3) is 8.32 Å². The molecular formula is C24H32O2Si. The average Bonchev–Trinajstić information content (AvgIpc) is 2.64. The van der Waals surface area contributed by atoms with Crippen LogP contribution in [0.3, 0.4) is 0 Å². The van der Waals surface area contributed by atoms with Gasteiger partial charge in [0.1, 0.15) is 0 Å². The number of carbonyl (C=O) groups is 1. The molecule has 0 bridgehead atoms. The van der Waals surface area contributed by atoms with Crippen molar-refractivity contribution in [2.45, 2.75) is 58.2 Å². The van der Waals surface area contributed by atoms with Crippen LogP contribution in [0, 0.1) is 0 Å². The molecule has 2 rings (SSSR count). The van der Waals surface area contributed by atoms with Gasteiger partial charge in [-0.1, -0.05) is 102 Å². The van der Waals surface area contributed by atoms with E-state index in [1.807, 2.05) is 66.7 Å². The zero-order chi connectivity index (χ0) is 20.0. The highest BCUT2D eigenvalue weighted by Crippen LogP contribution is 2.42. The normalized spacial score (nSPS) is 12.3. The highest BCUT2D eigenvalue weighted by molar-refractivity contribution is 6.79. The number of carbonyl (C=O) groups excluding carboxylic acids is 1. The van der Waals surface area contributed by atoms with Crippen LogP contribution < -0.4 is 0 Å². The Balaban J connectivity index is 2.35. The van der Waals surface area contributed by atoms with Gasteiger partial charge in [-0.15, -0.1) is 0 Å². The molecule has 0 aliphatic carbocycles. The van der Waals surface area contributed by atoms with Crippen LogP contribution in [0.4, 0.5) is 0 Å². The lowest BCUT2D eigenvalue weighted by atomic mass is 10.1. The van der Waals surface area contributed by atoms with E-state index in [1.54, 1.807) is 0 Å². The minimum Gasteiger partial charge on any atom is -0.515 e. The summed E-state index contributed by atoms with van der Waals surface area (Å²) in [6.07, 6.45) is 4.03. The topological polar surface area (TPSA) is 26.3 Å². The smallest absolute Gasteiger partial charge is 0.325 e. The minimum atomic E-state index is -2.26. The van der Waals surface area contributed by atoms with Crippen molar-refractivity contribution in [1.82, 2.24) is 0 Å². The molecule has 0 aromatic heterocycles. The molecule has 0 spiro atoms. The molecule has 2 nitrogen and oxygen atoms in total. The first-order valence-electron chi connectivity index (χ1n) is 9.84. The number of hydrogen-bond acceptors (Lipinski definition) is 2. The van der Waals surface area contributed by atoms with Gasteiger partial charge in [-0.3, -0.25) is 0 Å². The van der Waals surface area contributed by atoms with Gasteiger partial charge in [0.05, 0.1) is 5.56 Å². The Morgan fingerprint density at radius 3 is 1.85 bits per heavy atom. The molecule has 27 heavy (non-hydrogen) atoms. The highest BCUT2D eigenvalue weighted by atomic mass is 28.4. The Kier molecular flexibility index (Phi) is 7.20. The minimum absolute atomic E-state index is 0.189. The van der Waals surface area contributed by atoms with Gasteiger partial charge in [0, 0.05) is 0 Å². The highest BCUT2D eigenvalue weighted by Gasteiger charge is 2.48. The largest absolute Gasteiger partial charge is 0.515 e. The van der Waals surface area contributed by atoms with Crippen molar-refractivity contribution in [3.05, 3.63) is 71.3 Å². The number of rotatable bonds is 7. The first-order valence-corrected chi connectivity index (χ1v) is 12.0. The summed E-state index contributed by atoms with van der Waals surface area (Å²) in [5, 5.41) is 0. The Labute approximate surface area is 165 Å². The van der Waals surface area contributed by atoms with E-state index in [2.05, 4.69) is 41.5 Å². The van der Waals surface area contributed by atoms with Crippen LogP contribution >= 0.6 is 0 Å². The maximum absolute atomic E-state index is 13.2. The molecule has 0 aliphatic rings. The second-order valence-electron chi connectivity index (χ2n) is 8.04. The summed E-state index contributed by atoms with van der Waals surface area (Å²) in [5.74, 6) is -0.189. The SMILES string of the molecule is CC(C)[Si](OC(=O)c1ccccc1/C=C/c1ccccc1)(C(C)C)C(C)C. The Hall–Kier alpha value is -2.13. The fourth-order valence-electron chi connectivity index (χ4n) is 4.15. The van der Waals surface area contributed by atoms with Crippen LogP contribution in [0.1, 0.15) is 63.0 Å². The fourth-order valence-corrected chi connectivity index (χ4v) is 9.29. The molecule has 0 saturated carbocycles. The van der Waals surface area contributed by atoms with Gasteiger partial charge < -0.3 is 4.43 Å². The molecule has 0 heterocycles. The summed E-state index contributed by atoms with van der Waals surface area (Å²) in [7, 11) is -2.26. The maximum atomic E-state index is 13.2. The van der Waals surface area contributed by atoms with Crippen molar-refractivity contribution in [3.8, 4) is 0 Å². The quantitative estimate of drug-likeness (QED) is 0.375. The molecule has 0 radical (unpaired) electrons. The lowest BCUT2D eigenvalue weighted by Gasteiger charge is -2.41. The van der Waals surface area contributed by atoms with Gasteiger partial charge in [0.2, 0.25) is 0 Å². The van der Waals surface area contributed by atoms with E-state index in [0.29, 0.717) is 22.2 Å². The van der Waals surface area contributed by atoms with E-state index in [-0.39, 0.29) is 5.97 Å². The van der Waals surface area contributed by atoms with Gasteiger partial charge in [-0.25, -0.2) is 4.79 Å². The molecule has 144 valence electrons. The third kappa shape index (κ3) is 4.78. The zero-order valence-electron chi connectivity index (χ0n) is 17.4. The molecule has 0 unspecified atom stereocenters. The van der Waals surface area contributed by atoms with E-state index in [0.717, 1.165) is 11.1 Å². The summed E-state index contributed by atoms with van der Waals surface area (Å²) >= 11 is 0. The van der Waals surface area contributed by atoms with E-state index in [1.165, 1.54) is 0 Å². The zero-order valence-corrected chi connectivity index (χ0v) is 18.4. The monoisotopic (exact) mass is 380 g/mol. The van der Waals surface area contributed by atoms with Gasteiger partial charge in [0.15, 0.2) is 0 Å². The van der Waals surface area contributed by atoms with Crippen molar-refractivity contribution in [2.75, 3.05) is 0 Å². The van der Waals surface area contributed by atoms with Crippen molar-refractivity contribution in [3.63, 3.8) is 0 Å². The molecule has 0 saturated heterocycles. The average molecular weight is 381 g/mol. The molecule has 3 heteroatoms. The summed E-state index contributed by atoms with van der Waals surface area (Å²) in [4.78, 5) is 13.2. The third-order valence-electron chi connectivity index (χ3n) is 5.41. The predicted molar refractivity (Wildman–Crippen MR) is 118 cm³/mol. The molecule has 2 aromatic rings. The van der Waals surface area contributed by atoms with E-state index < -0.39 is 8.32 Å². The van der Waals surface area contributed by atoms with Crippen molar-refractivity contribution in [2.24, 2.45) is 0 Å². The van der Waals surface area contributed by atoms with E-state index in [9.17, 15) is 4.79 Å². The number of benzene rings is 2. The maximum Gasteiger partial charge on any atom is 0.325 e. The Morgan fingerprint density at radius 2 is 1.30 bits per heavy atom. The summed E-state index contributed by atoms with van der Waals surface area (Å²) < 4.78 is 6.37. The Morgan fingerprint density at radius 1 is 0.778 bits per heavy atom. The third-order valence-corrected chi connectivity index (χ3v) is 11.4. The van der Waals surface area contributed by atoms with Gasteiger partial charge >= 0.3 is 5.97 Å². The first kappa shape index (κ1) is 21.2. The van der Waals surface area contributed by atoms with Crippen molar-refractivity contribution in [1.29, 1.82) is 0 Å². The van der Waals surface area contributed by atoms with Crippen LogP contribution in [0.2, 0.25) is 16.6 Å². The molecule has 2 aromatic carbocycles. The molecule has 0 amide bonds. The molecule has 0 aliphatic heterocycles. The molecular weight excluding hydrogens is 348 g/mol. The van der Waals surface area contributed by atoms with Gasteiger partial charge in [-0.2, -0.15) is 0 Å². The second-order valence-corrected chi connectivity index (χ2v) is 13.4. The summed E-state index contributed by atoms with van der Waals surface area (Å²) in [6.45, 7) is 13.2. The lowest BCUT2D eigenvalue weighted by Crippen LogP contribution is -2.49. The molecule has 0 N–H and O–H groups in total. The van der Waals surface area contributed by atoms with Crippen LogP contribution in [-0.2, 0) is 4.43 Å². The summed E-state index contributed by atoms with van der Waals surface area (Å²) in [5.41, 5.74) is 3.75. The first-order chi connectivity index (χ1) is 12.8.